The molecular weight excluding hydrogens is 250 g/mol. The minimum absolute atomic E-state index is 0.00263. The Kier molecular flexibility index (Phi) is 4.73. The topological polar surface area (TPSA) is 97.4 Å². The summed E-state index contributed by atoms with van der Waals surface area (Å²) in [5.74, 6) is -0.537. The van der Waals surface area contributed by atoms with E-state index in [0.29, 0.717) is 18.9 Å². The Morgan fingerprint density at radius 1 is 1.47 bits per heavy atom. The van der Waals surface area contributed by atoms with Crippen molar-refractivity contribution in [2.24, 2.45) is 0 Å². The second kappa shape index (κ2) is 6.51. The van der Waals surface area contributed by atoms with Crippen LogP contribution >= 0.6 is 0 Å². The summed E-state index contributed by atoms with van der Waals surface area (Å²) in [6, 6.07) is 0.00263. The molecule has 2 N–H and O–H groups in total. The van der Waals surface area contributed by atoms with Gasteiger partial charge in [0.15, 0.2) is 5.82 Å². The number of aryl methyl sites for hydroxylation is 1. The summed E-state index contributed by atoms with van der Waals surface area (Å²) in [5.41, 5.74) is 0. The van der Waals surface area contributed by atoms with Crippen LogP contribution in [-0.4, -0.2) is 33.9 Å². The molecule has 0 amide bonds. The molecule has 2 heterocycles. The lowest BCUT2D eigenvalue weighted by atomic mass is 10.0. The van der Waals surface area contributed by atoms with Gasteiger partial charge in [0.1, 0.15) is 0 Å². The van der Waals surface area contributed by atoms with Gasteiger partial charge in [-0.15, -0.1) is 0 Å². The summed E-state index contributed by atoms with van der Waals surface area (Å²) in [4.78, 5) is 22.1. The van der Waals surface area contributed by atoms with Crippen LogP contribution in [0.3, 0.4) is 0 Å². The van der Waals surface area contributed by atoms with Gasteiger partial charge in [0, 0.05) is 19.5 Å². The van der Waals surface area contributed by atoms with Crippen LogP contribution in [0.1, 0.15) is 44.0 Å². The summed E-state index contributed by atoms with van der Waals surface area (Å²) >= 11 is 0. The standard InChI is InChI=1S/C12H19N3O4/c16-11(17)6-7-13-8-9-4-2-1-3-5-10-14-19-12(18)15(9)10/h9,13H,1-8H2,(H,16,17). The average molecular weight is 269 g/mol. The highest BCUT2D eigenvalue weighted by Crippen LogP contribution is 2.20. The Balaban J connectivity index is 2.00. The van der Waals surface area contributed by atoms with Crippen LogP contribution < -0.4 is 11.1 Å². The first kappa shape index (κ1) is 13.8. The summed E-state index contributed by atoms with van der Waals surface area (Å²) in [7, 11) is 0. The minimum Gasteiger partial charge on any atom is -0.481 e. The highest BCUT2D eigenvalue weighted by atomic mass is 16.5. The molecule has 1 aliphatic rings. The van der Waals surface area contributed by atoms with Gasteiger partial charge in [0.2, 0.25) is 0 Å². The van der Waals surface area contributed by atoms with Gasteiger partial charge in [0.05, 0.1) is 12.5 Å². The third-order valence-electron chi connectivity index (χ3n) is 3.40. The number of hydrogen-bond donors (Lipinski definition) is 2. The van der Waals surface area contributed by atoms with Crippen LogP contribution in [0.4, 0.5) is 0 Å². The zero-order valence-electron chi connectivity index (χ0n) is 10.8. The summed E-state index contributed by atoms with van der Waals surface area (Å²) in [6.45, 7) is 0.975. The molecule has 106 valence electrons. The van der Waals surface area contributed by atoms with E-state index in [1.165, 1.54) is 0 Å². The molecule has 1 aromatic rings. The number of nitrogens with zero attached hydrogens (tertiary/aromatic N) is 2. The number of nitrogens with one attached hydrogen (secondary N) is 1. The van der Waals surface area contributed by atoms with E-state index >= 15 is 0 Å². The fourth-order valence-corrected chi connectivity index (χ4v) is 2.44. The Labute approximate surface area is 110 Å². The van der Waals surface area contributed by atoms with Crippen LogP contribution in [0.2, 0.25) is 0 Å². The van der Waals surface area contributed by atoms with E-state index in [2.05, 4.69) is 10.5 Å². The summed E-state index contributed by atoms with van der Waals surface area (Å²) in [6.07, 6.45) is 4.92. The average Bonchev–Trinajstić information content (AvgIpc) is 2.68. The van der Waals surface area contributed by atoms with Crippen LogP contribution in [0.15, 0.2) is 9.32 Å². The molecule has 0 spiro atoms. The highest BCUT2D eigenvalue weighted by Gasteiger charge is 2.21. The van der Waals surface area contributed by atoms with Crippen molar-refractivity contribution in [3.63, 3.8) is 0 Å². The fourth-order valence-electron chi connectivity index (χ4n) is 2.44. The molecule has 0 fully saturated rings. The van der Waals surface area contributed by atoms with Gasteiger partial charge in [-0.2, -0.15) is 0 Å². The lowest BCUT2D eigenvalue weighted by Gasteiger charge is -2.21. The van der Waals surface area contributed by atoms with Gasteiger partial charge >= 0.3 is 11.7 Å². The molecule has 1 aromatic heterocycles. The quantitative estimate of drug-likeness (QED) is 0.758. The van der Waals surface area contributed by atoms with Crippen molar-refractivity contribution in [3.05, 3.63) is 16.4 Å². The molecule has 2 rings (SSSR count). The number of carboxylic acids is 1. The molecule has 7 nitrogen and oxygen atoms in total. The smallest absolute Gasteiger partial charge is 0.441 e. The van der Waals surface area contributed by atoms with E-state index in [-0.39, 0.29) is 12.5 Å². The third kappa shape index (κ3) is 3.66. The molecule has 1 unspecified atom stereocenters. The predicted molar refractivity (Wildman–Crippen MR) is 67.1 cm³/mol. The number of carbonyl (C=O) groups is 1. The first-order valence-corrected chi connectivity index (χ1v) is 6.68. The van der Waals surface area contributed by atoms with Crippen molar-refractivity contribution in [1.82, 2.24) is 15.0 Å². The lowest BCUT2D eigenvalue weighted by molar-refractivity contribution is -0.136. The Morgan fingerprint density at radius 3 is 3.11 bits per heavy atom. The minimum atomic E-state index is -0.826. The Bertz CT molecular complexity index is 480. The van der Waals surface area contributed by atoms with Crippen molar-refractivity contribution < 1.29 is 14.4 Å². The third-order valence-corrected chi connectivity index (χ3v) is 3.40. The Hall–Kier alpha value is -1.63. The number of rotatable bonds is 5. The zero-order chi connectivity index (χ0) is 13.7. The molecule has 0 aliphatic carbocycles. The van der Waals surface area contributed by atoms with Crippen LogP contribution in [0.25, 0.3) is 0 Å². The normalized spacial score (nSPS) is 19.5. The van der Waals surface area contributed by atoms with E-state index in [4.69, 9.17) is 9.63 Å². The summed E-state index contributed by atoms with van der Waals surface area (Å²) < 4.78 is 6.36. The van der Waals surface area contributed by atoms with Crippen molar-refractivity contribution in [3.8, 4) is 0 Å². The molecule has 0 aromatic carbocycles. The Morgan fingerprint density at radius 2 is 2.32 bits per heavy atom. The monoisotopic (exact) mass is 269 g/mol. The van der Waals surface area contributed by atoms with Crippen LogP contribution in [-0.2, 0) is 11.2 Å². The maximum atomic E-state index is 11.7. The number of carboxylic acid groups (broad SMARTS) is 1. The maximum absolute atomic E-state index is 11.7. The number of aromatic nitrogens is 2. The van der Waals surface area contributed by atoms with Crippen LogP contribution in [0.5, 0.6) is 0 Å². The second-order valence-corrected chi connectivity index (χ2v) is 4.84. The van der Waals surface area contributed by atoms with Gasteiger partial charge in [0.25, 0.3) is 0 Å². The maximum Gasteiger partial charge on any atom is 0.441 e. The van der Waals surface area contributed by atoms with Crippen molar-refractivity contribution >= 4 is 5.97 Å². The lowest BCUT2D eigenvalue weighted by Crippen LogP contribution is -2.33. The highest BCUT2D eigenvalue weighted by molar-refractivity contribution is 5.66. The van der Waals surface area contributed by atoms with Gasteiger partial charge in [-0.3, -0.25) is 13.9 Å². The van der Waals surface area contributed by atoms with E-state index in [1.54, 1.807) is 4.57 Å². The SMILES string of the molecule is O=C(O)CCNCC1CCCCCc2noc(=O)n21. The van der Waals surface area contributed by atoms with Crippen LogP contribution in [0, 0.1) is 0 Å². The predicted octanol–water partition coefficient (Wildman–Crippen LogP) is 0.558. The number of fused-ring (bicyclic) bond motifs is 1. The number of aliphatic carboxylic acids is 1. The molecule has 1 aliphatic heterocycles. The molecule has 19 heavy (non-hydrogen) atoms. The fraction of sp³-hybridized carbons (Fsp3) is 0.750. The summed E-state index contributed by atoms with van der Waals surface area (Å²) in [5, 5.41) is 15.5. The molecule has 0 saturated carbocycles. The first-order valence-electron chi connectivity index (χ1n) is 6.68. The van der Waals surface area contributed by atoms with Crippen molar-refractivity contribution in [2.75, 3.05) is 13.1 Å². The van der Waals surface area contributed by atoms with E-state index in [1.807, 2.05) is 0 Å². The molecular formula is C12H19N3O4. The van der Waals surface area contributed by atoms with E-state index in [9.17, 15) is 9.59 Å². The molecule has 0 bridgehead atoms. The van der Waals surface area contributed by atoms with E-state index < -0.39 is 11.7 Å². The van der Waals surface area contributed by atoms with Crippen molar-refractivity contribution in [1.29, 1.82) is 0 Å². The number of hydrogen-bond acceptors (Lipinski definition) is 5. The molecule has 0 radical (unpaired) electrons. The van der Waals surface area contributed by atoms with E-state index in [0.717, 1.165) is 32.1 Å². The molecule has 7 heteroatoms. The van der Waals surface area contributed by atoms with Gasteiger partial charge < -0.3 is 10.4 Å². The van der Waals surface area contributed by atoms with Crippen molar-refractivity contribution in [2.45, 2.75) is 44.6 Å². The van der Waals surface area contributed by atoms with Gasteiger partial charge in [-0.1, -0.05) is 18.0 Å². The largest absolute Gasteiger partial charge is 0.481 e. The van der Waals surface area contributed by atoms with Gasteiger partial charge in [-0.05, 0) is 12.8 Å². The first-order chi connectivity index (χ1) is 9.18. The second-order valence-electron chi connectivity index (χ2n) is 4.84. The zero-order valence-corrected chi connectivity index (χ0v) is 10.8. The molecule has 1 atom stereocenters. The molecule has 0 saturated heterocycles. The van der Waals surface area contributed by atoms with Gasteiger partial charge in [-0.25, -0.2) is 4.79 Å².